The third-order valence-electron chi connectivity index (χ3n) is 3.00. The normalized spacial score (nSPS) is 12.0. The van der Waals surface area contributed by atoms with Gasteiger partial charge in [-0.1, -0.05) is 22.0 Å². The second-order valence-corrected chi connectivity index (χ2v) is 6.70. The lowest BCUT2D eigenvalue weighted by molar-refractivity contribution is 0.391. The molecule has 22 heavy (non-hydrogen) atoms. The van der Waals surface area contributed by atoms with Crippen molar-refractivity contribution in [3.63, 3.8) is 0 Å². The fraction of sp³-hybridized carbons (Fsp3) is 0.200. The van der Waals surface area contributed by atoms with Crippen molar-refractivity contribution in [2.24, 2.45) is 0 Å². The molecule has 1 unspecified atom stereocenters. The van der Waals surface area contributed by atoms with E-state index in [0.29, 0.717) is 28.6 Å². The first-order chi connectivity index (χ1) is 10.5. The van der Waals surface area contributed by atoms with Crippen LogP contribution < -0.4 is 19.9 Å². The highest BCUT2D eigenvalue weighted by Gasteiger charge is 2.09. The van der Waals surface area contributed by atoms with Crippen LogP contribution in [-0.4, -0.2) is 18.4 Å². The molecule has 5 nitrogen and oxygen atoms in total. The molecule has 7 heteroatoms. The molecule has 118 valence electrons. The van der Waals surface area contributed by atoms with Crippen LogP contribution in [0.3, 0.4) is 0 Å². The van der Waals surface area contributed by atoms with Crippen molar-refractivity contribution in [1.29, 1.82) is 0 Å². The predicted molar refractivity (Wildman–Crippen MR) is 91.3 cm³/mol. The molecule has 0 amide bonds. The van der Waals surface area contributed by atoms with Crippen LogP contribution in [-0.2, 0) is 17.5 Å². The molecular formula is C15H17BrN2O3S. The Kier molecular flexibility index (Phi) is 5.82. The Morgan fingerprint density at radius 3 is 2.59 bits per heavy atom. The third kappa shape index (κ3) is 4.22. The summed E-state index contributed by atoms with van der Waals surface area (Å²) < 4.78 is 26.5. The van der Waals surface area contributed by atoms with Crippen LogP contribution in [0.2, 0.25) is 0 Å². The summed E-state index contributed by atoms with van der Waals surface area (Å²) in [6.45, 7) is 0.395. The zero-order valence-electron chi connectivity index (χ0n) is 12.3. The van der Waals surface area contributed by atoms with Crippen LogP contribution >= 0.6 is 15.9 Å². The molecular weight excluding hydrogens is 368 g/mol. The Morgan fingerprint density at radius 2 is 1.95 bits per heavy atom. The lowest BCUT2D eigenvalue weighted by Crippen LogP contribution is -2.17. The number of methoxy groups -OCH3 is 2. The number of hydrogen-bond donors (Lipinski definition) is 2. The summed E-state index contributed by atoms with van der Waals surface area (Å²) >= 11 is 3.34. The van der Waals surface area contributed by atoms with E-state index in [1.807, 2.05) is 12.1 Å². The van der Waals surface area contributed by atoms with Gasteiger partial charge >= 0.3 is 0 Å². The Hall–Kier alpha value is -1.57. The van der Waals surface area contributed by atoms with Crippen LogP contribution in [0.15, 0.2) is 45.8 Å². The first-order valence-corrected chi connectivity index (χ1v) is 8.40. The van der Waals surface area contributed by atoms with E-state index in [0.717, 1.165) is 10.0 Å². The van der Waals surface area contributed by atoms with Crippen molar-refractivity contribution in [3.05, 3.63) is 46.4 Å². The number of benzene rings is 2. The average Bonchev–Trinajstić information content (AvgIpc) is 2.51. The molecule has 0 spiro atoms. The zero-order valence-corrected chi connectivity index (χ0v) is 14.7. The Labute approximate surface area is 140 Å². The summed E-state index contributed by atoms with van der Waals surface area (Å²) in [6.07, 6.45) is 0. The van der Waals surface area contributed by atoms with Gasteiger partial charge in [0.1, 0.15) is 22.5 Å². The number of nitrogen functional groups attached to an aromatic ring is 1. The highest BCUT2D eigenvalue weighted by molar-refractivity contribution is 9.10. The van der Waals surface area contributed by atoms with Gasteiger partial charge in [0.25, 0.3) is 0 Å². The fourth-order valence-electron chi connectivity index (χ4n) is 1.92. The van der Waals surface area contributed by atoms with E-state index >= 15 is 0 Å². The molecule has 0 aliphatic rings. The SMILES string of the molecule is COc1ccc(CNS(=O)c2cc(N)cc(Br)c2)c(OC)c1. The number of ether oxygens (including phenoxy) is 2. The molecule has 0 radical (unpaired) electrons. The predicted octanol–water partition coefficient (Wildman–Crippen LogP) is 2.86. The number of rotatable bonds is 6. The third-order valence-corrected chi connectivity index (χ3v) is 4.52. The summed E-state index contributed by atoms with van der Waals surface area (Å²) in [5.41, 5.74) is 7.20. The lowest BCUT2D eigenvalue weighted by atomic mass is 10.2. The van der Waals surface area contributed by atoms with Crippen LogP contribution in [0.5, 0.6) is 11.5 Å². The molecule has 3 N–H and O–H groups in total. The van der Waals surface area contributed by atoms with E-state index in [2.05, 4.69) is 20.7 Å². The quantitative estimate of drug-likeness (QED) is 0.750. The molecule has 0 aromatic heterocycles. The first-order valence-electron chi connectivity index (χ1n) is 6.45. The maximum Gasteiger partial charge on any atom is 0.127 e. The van der Waals surface area contributed by atoms with Crippen LogP contribution in [0.25, 0.3) is 0 Å². The van der Waals surface area contributed by atoms with Gasteiger partial charge in [0.2, 0.25) is 0 Å². The molecule has 1 atom stereocenters. The highest BCUT2D eigenvalue weighted by Crippen LogP contribution is 2.25. The molecule has 2 aromatic carbocycles. The van der Waals surface area contributed by atoms with Crippen molar-refractivity contribution < 1.29 is 13.7 Å². The summed E-state index contributed by atoms with van der Waals surface area (Å²) in [4.78, 5) is 0.611. The first kappa shape index (κ1) is 16.8. The van der Waals surface area contributed by atoms with Gasteiger partial charge in [-0.05, 0) is 24.3 Å². The molecule has 2 aromatic rings. The maximum absolute atomic E-state index is 12.3. The van der Waals surface area contributed by atoms with E-state index < -0.39 is 11.0 Å². The molecule has 0 aliphatic carbocycles. The molecule has 0 saturated carbocycles. The number of hydrogen-bond acceptors (Lipinski definition) is 4. The van der Waals surface area contributed by atoms with E-state index in [1.54, 1.807) is 38.5 Å². The minimum atomic E-state index is -1.37. The molecule has 2 rings (SSSR count). The van der Waals surface area contributed by atoms with Crippen molar-refractivity contribution >= 4 is 32.6 Å². The minimum Gasteiger partial charge on any atom is -0.497 e. The summed E-state index contributed by atoms with van der Waals surface area (Å²) in [5, 5.41) is 0. The van der Waals surface area contributed by atoms with Gasteiger partial charge in [0.05, 0.1) is 19.1 Å². The van der Waals surface area contributed by atoms with Gasteiger partial charge in [0.15, 0.2) is 0 Å². The smallest absolute Gasteiger partial charge is 0.127 e. The fourth-order valence-corrected chi connectivity index (χ4v) is 3.51. The van der Waals surface area contributed by atoms with Crippen LogP contribution in [0, 0.1) is 0 Å². The summed E-state index contributed by atoms with van der Waals surface area (Å²) in [7, 11) is 1.82. The van der Waals surface area contributed by atoms with Gasteiger partial charge in [0, 0.05) is 28.3 Å². The van der Waals surface area contributed by atoms with Gasteiger partial charge in [-0.15, -0.1) is 0 Å². The lowest BCUT2D eigenvalue weighted by Gasteiger charge is -2.11. The van der Waals surface area contributed by atoms with Crippen molar-refractivity contribution in [2.45, 2.75) is 11.4 Å². The summed E-state index contributed by atoms with van der Waals surface area (Å²) in [6, 6.07) is 10.7. The monoisotopic (exact) mass is 384 g/mol. The standard InChI is InChI=1S/C15H17BrN2O3S/c1-20-13-4-3-10(15(8-13)21-2)9-18-22(19)14-6-11(16)5-12(17)7-14/h3-8,18H,9,17H2,1-2H3. The average molecular weight is 385 g/mol. The van der Waals surface area contributed by atoms with E-state index in [4.69, 9.17) is 15.2 Å². The van der Waals surface area contributed by atoms with Gasteiger partial charge in [-0.25, -0.2) is 8.93 Å². The molecule has 0 bridgehead atoms. The minimum absolute atomic E-state index is 0.395. The van der Waals surface area contributed by atoms with E-state index in [-0.39, 0.29) is 0 Å². The molecule has 0 heterocycles. The van der Waals surface area contributed by atoms with Crippen molar-refractivity contribution in [3.8, 4) is 11.5 Å². The Morgan fingerprint density at radius 1 is 1.18 bits per heavy atom. The maximum atomic E-state index is 12.3. The highest BCUT2D eigenvalue weighted by atomic mass is 79.9. The van der Waals surface area contributed by atoms with Crippen LogP contribution in [0.1, 0.15) is 5.56 Å². The Bertz CT molecular complexity index is 674. The van der Waals surface area contributed by atoms with Gasteiger partial charge < -0.3 is 15.2 Å². The largest absolute Gasteiger partial charge is 0.497 e. The number of nitrogens with one attached hydrogen (secondary N) is 1. The van der Waals surface area contributed by atoms with Gasteiger partial charge in [-0.2, -0.15) is 0 Å². The second-order valence-electron chi connectivity index (χ2n) is 4.49. The second kappa shape index (κ2) is 7.62. The molecule has 0 aliphatic heterocycles. The number of nitrogens with two attached hydrogens (primary N) is 1. The zero-order chi connectivity index (χ0) is 16.1. The number of anilines is 1. The summed E-state index contributed by atoms with van der Waals surface area (Å²) in [5.74, 6) is 1.39. The molecule has 0 fully saturated rings. The number of halogens is 1. The van der Waals surface area contributed by atoms with E-state index in [9.17, 15) is 4.21 Å². The van der Waals surface area contributed by atoms with Crippen molar-refractivity contribution in [2.75, 3.05) is 20.0 Å². The van der Waals surface area contributed by atoms with Gasteiger partial charge in [-0.3, -0.25) is 0 Å². The van der Waals surface area contributed by atoms with Crippen LogP contribution in [0.4, 0.5) is 5.69 Å². The topological polar surface area (TPSA) is 73.6 Å². The Balaban J connectivity index is 2.10. The van der Waals surface area contributed by atoms with Crippen molar-refractivity contribution in [1.82, 2.24) is 4.72 Å². The van der Waals surface area contributed by atoms with E-state index in [1.165, 1.54) is 0 Å². The molecule has 0 saturated heterocycles.